The van der Waals surface area contributed by atoms with E-state index in [0.29, 0.717) is 13.0 Å². The minimum Gasteiger partial charge on any atom is -0.463 e. The van der Waals surface area contributed by atoms with Crippen molar-refractivity contribution in [1.29, 1.82) is 0 Å². The molecule has 2 rings (SSSR count). The van der Waals surface area contributed by atoms with Crippen molar-refractivity contribution in [2.45, 2.75) is 37.2 Å². The van der Waals surface area contributed by atoms with E-state index in [-0.39, 0.29) is 25.0 Å². The Bertz CT molecular complexity index is 514. The zero-order valence-electron chi connectivity index (χ0n) is 13.2. The maximum absolute atomic E-state index is 14.2. The van der Waals surface area contributed by atoms with Crippen molar-refractivity contribution in [1.82, 2.24) is 5.32 Å². The predicted octanol–water partition coefficient (Wildman–Crippen LogP) is 2.11. The zero-order chi connectivity index (χ0) is 16.9. The smallest absolute Gasteiger partial charge is 0.343 e. The average molecular weight is 327 g/mol. The highest BCUT2D eigenvalue weighted by Gasteiger charge is 2.55. The molecule has 1 aromatic rings. The van der Waals surface area contributed by atoms with Crippen LogP contribution in [0.15, 0.2) is 30.3 Å². The number of carbonyl (C=O) groups is 1. The molecule has 0 radical (unpaired) electrons. The lowest BCUT2D eigenvalue weighted by atomic mass is 9.79. The fourth-order valence-corrected chi connectivity index (χ4v) is 3.05. The van der Waals surface area contributed by atoms with Crippen LogP contribution in [-0.2, 0) is 15.1 Å². The fourth-order valence-electron chi connectivity index (χ4n) is 3.05. The van der Waals surface area contributed by atoms with Crippen LogP contribution in [0.1, 0.15) is 24.8 Å². The molecule has 0 aliphatic heterocycles. The maximum atomic E-state index is 14.2. The molecule has 2 N–H and O–H groups in total. The summed E-state index contributed by atoms with van der Waals surface area (Å²) in [5.41, 5.74) is -1.93. The Kier molecular flexibility index (Phi) is 6.07. The Labute approximate surface area is 134 Å². The second-order valence-corrected chi connectivity index (χ2v) is 5.87. The Balaban J connectivity index is 2.23. The summed E-state index contributed by atoms with van der Waals surface area (Å²) in [7, 11) is 1.77. The quantitative estimate of drug-likeness (QED) is 0.595. The van der Waals surface area contributed by atoms with Gasteiger partial charge in [-0.05, 0) is 38.4 Å². The summed E-state index contributed by atoms with van der Waals surface area (Å²) in [5.74, 6) is -2.06. The molecule has 0 spiro atoms. The number of rotatable bonds is 7. The van der Waals surface area contributed by atoms with Gasteiger partial charge in [0.2, 0.25) is 0 Å². The number of hydrogen-bond donors (Lipinski definition) is 2. The molecule has 4 nitrogen and oxygen atoms in total. The summed E-state index contributed by atoms with van der Waals surface area (Å²) >= 11 is 0. The van der Waals surface area contributed by atoms with Crippen LogP contribution in [0.4, 0.5) is 8.78 Å². The summed E-state index contributed by atoms with van der Waals surface area (Å²) in [6.07, 6.45) is -2.88. The summed E-state index contributed by atoms with van der Waals surface area (Å²) in [6.45, 7) is 0.760. The highest BCUT2D eigenvalue weighted by atomic mass is 19.2. The second kappa shape index (κ2) is 7.84. The first kappa shape index (κ1) is 17.8. The third-order valence-corrected chi connectivity index (χ3v) is 4.35. The molecule has 1 saturated carbocycles. The predicted molar refractivity (Wildman–Crippen MR) is 82.4 cm³/mol. The van der Waals surface area contributed by atoms with Crippen molar-refractivity contribution < 1.29 is 23.4 Å². The number of carbonyl (C=O) groups excluding carboxylic acids is 1. The lowest BCUT2D eigenvalue weighted by molar-refractivity contribution is -0.177. The Hall–Kier alpha value is -1.53. The normalized spacial score (nSPS) is 26.7. The van der Waals surface area contributed by atoms with Gasteiger partial charge in [-0.15, -0.1) is 0 Å². The van der Waals surface area contributed by atoms with E-state index in [4.69, 9.17) is 4.74 Å². The van der Waals surface area contributed by atoms with Crippen LogP contribution in [0.5, 0.6) is 0 Å². The molecular formula is C17H23F2NO3. The molecule has 0 heterocycles. The minimum absolute atomic E-state index is 0.00594. The molecule has 0 bridgehead atoms. The molecule has 1 aliphatic rings. The average Bonchev–Trinajstić information content (AvgIpc) is 2.91. The molecule has 1 aliphatic carbocycles. The molecular weight excluding hydrogens is 304 g/mol. The Morgan fingerprint density at radius 1 is 1.35 bits per heavy atom. The molecule has 23 heavy (non-hydrogen) atoms. The molecule has 1 aromatic carbocycles. The van der Waals surface area contributed by atoms with Crippen LogP contribution in [0, 0.1) is 5.92 Å². The van der Waals surface area contributed by atoms with Gasteiger partial charge >= 0.3 is 5.97 Å². The zero-order valence-corrected chi connectivity index (χ0v) is 13.2. The van der Waals surface area contributed by atoms with E-state index in [9.17, 15) is 18.7 Å². The third-order valence-electron chi connectivity index (χ3n) is 4.35. The van der Waals surface area contributed by atoms with Gasteiger partial charge in [0.25, 0.3) is 0 Å². The van der Waals surface area contributed by atoms with Crippen molar-refractivity contribution in [3.8, 4) is 0 Å². The van der Waals surface area contributed by atoms with E-state index in [1.165, 1.54) is 12.1 Å². The highest BCUT2D eigenvalue weighted by molar-refractivity contribution is 5.81. The van der Waals surface area contributed by atoms with Gasteiger partial charge in [0.05, 0.1) is 6.61 Å². The molecule has 1 fully saturated rings. The van der Waals surface area contributed by atoms with Crippen molar-refractivity contribution in [2.24, 2.45) is 5.92 Å². The number of esters is 1. The third kappa shape index (κ3) is 3.70. The van der Waals surface area contributed by atoms with Gasteiger partial charge in [-0.3, -0.25) is 0 Å². The number of aliphatic hydroxyl groups is 1. The molecule has 2 unspecified atom stereocenters. The number of ether oxygens (including phenoxy) is 1. The maximum Gasteiger partial charge on any atom is 0.343 e. The highest BCUT2D eigenvalue weighted by Crippen LogP contribution is 2.44. The van der Waals surface area contributed by atoms with Crippen LogP contribution >= 0.6 is 0 Å². The van der Waals surface area contributed by atoms with E-state index in [1.54, 1.807) is 25.2 Å². The summed E-state index contributed by atoms with van der Waals surface area (Å²) in [5, 5.41) is 13.9. The first-order valence-corrected chi connectivity index (χ1v) is 7.89. The number of hydrogen-bond acceptors (Lipinski definition) is 4. The molecule has 128 valence electrons. The molecule has 0 saturated heterocycles. The molecule has 4 atom stereocenters. The lowest BCUT2D eigenvalue weighted by Crippen LogP contribution is -2.47. The topological polar surface area (TPSA) is 58.6 Å². The van der Waals surface area contributed by atoms with Gasteiger partial charge in [-0.1, -0.05) is 30.3 Å². The minimum atomic E-state index is -2.17. The number of benzene rings is 1. The Morgan fingerprint density at radius 3 is 2.61 bits per heavy atom. The van der Waals surface area contributed by atoms with Crippen LogP contribution in [0.3, 0.4) is 0 Å². The monoisotopic (exact) mass is 327 g/mol. The standard InChI is InChI=1S/C17H23F2NO3/c1-20-10-5-11-23-16(21)17(22,12-6-3-2-4-7-12)13-8-9-14(18)15(13)19/h2-4,6-7,13-15,20,22H,5,8-11H2,1H3/t13-,14?,15?,17-/m0/s1. The summed E-state index contributed by atoms with van der Waals surface area (Å²) in [6, 6.07) is 8.08. The van der Waals surface area contributed by atoms with Gasteiger partial charge in [0.1, 0.15) is 12.3 Å². The van der Waals surface area contributed by atoms with Gasteiger partial charge in [-0.25, -0.2) is 13.6 Å². The van der Waals surface area contributed by atoms with Crippen molar-refractivity contribution in [2.75, 3.05) is 20.2 Å². The van der Waals surface area contributed by atoms with Crippen LogP contribution in [0.2, 0.25) is 0 Å². The van der Waals surface area contributed by atoms with E-state index in [0.717, 1.165) is 0 Å². The van der Waals surface area contributed by atoms with Gasteiger partial charge in [-0.2, -0.15) is 0 Å². The largest absolute Gasteiger partial charge is 0.463 e. The van der Waals surface area contributed by atoms with Crippen molar-refractivity contribution >= 4 is 5.97 Å². The van der Waals surface area contributed by atoms with Gasteiger partial charge in [0, 0.05) is 5.92 Å². The SMILES string of the molecule is CNCCCOC(=O)[C@](O)(c1ccccc1)[C@H]1CCC(F)C1F. The van der Waals surface area contributed by atoms with E-state index in [2.05, 4.69) is 5.32 Å². The van der Waals surface area contributed by atoms with Gasteiger partial charge in [0.15, 0.2) is 5.60 Å². The molecule has 0 amide bonds. The molecule has 6 heteroatoms. The Morgan fingerprint density at radius 2 is 2.04 bits per heavy atom. The van der Waals surface area contributed by atoms with Crippen molar-refractivity contribution in [3.05, 3.63) is 35.9 Å². The fraction of sp³-hybridized carbons (Fsp3) is 0.588. The van der Waals surface area contributed by atoms with Crippen LogP contribution in [0.25, 0.3) is 0 Å². The first-order valence-electron chi connectivity index (χ1n) is 7.89. The van der Waals surface area contributed by atoms with E-state index < -0.39 is 29.8 Å². The van der Waals surface area contributed by atoms with E-state index >= 15 is 0 Å². The first-order chi connectivity index (χ1) is 11.0. The summed E-state index contributed by atoms with van der Waals surface area (Å²) in [4.78, 5) is 12.5. The number of halogens is 2. The van der Waals surface area contributed by atoms with E-state index in [1.807, 2.05) is 0 Å². The number of alkyl halides is 2. The van der Waals surface area contributed by atoms with Crippen molar-refractivity contribution in [3.63, 3.8) is 0 Å². The second-order valence-electron chi connectivity index (χ2n) is 5.87. The molecule has 0 aromatic heterocycles. The van der Waals surface area contributed by atoms with Gasteiger partial charge < -0.3 is 15.2 Å². The number of nitrogens with one attached hydrogen (secondary N) is 1. The van der Waals surface area contributed by atoms with Crippen LogP contribution in [-0.4, -0.2) is 43.6 Å². The lowest BCUT2D eigenvalue weighted by Gasteiger charge is -2.33. The summed E-state index contributed by atoms with van der Waals surface area (Å²) < 4.78 is 32.9. The van der Waals surface area contributed by atoms with Crippen LogP contribution < -0.4 is 5.32 Å².